The fourth-order valence-corrected chi connectivity index (χ4v) is 3.72. The normalized spacial score (nSPS) is 23.6. The second kappa shape index (κ2) is 9.72. The van der Waals surface area contributed by atoms with E-state index in [2.05, 4.69) is 49.7 Å². The summed E-state index contributed by atoms with van der Waals surface area (Å²) in [5, 5.41) is 6.52. The summed E-state index contributed by atoms with van der Waals surface area (Å²) < 4.78 is 1.12. The zero-order valence-corrected chi connectivity index (χ0v) is 16.2. The number of piperidine rings is 1. The third-order valence-corrected chi connectivity index (χ3v) is 5.03. The van der Waals surface area contributed by atoms with E-state index in [0.29, 0.717) is 0 Å². The number of anilines is 1. The van der Waals surface area contributed by atoms with Crippen LogP contribution in [0.5, 0.6) is 0 Å². The van der Waals surface area contributed by atoms with Gasteiger partial charge in [-0.2, -0.15) is 0 Å². The lowest BCUT2D eigenvalue weighted by Gasteiger charge is -2.25. The molecule has 0 aliphatic carbocycles. The molecule has 2 atom stereocenters. The van der Waals surface area contributed by atoms with E-state index >= 15 is 0 Å². The number of amides is 1. The van der Waals surface area contributed by atoms with E-state index in [1.807, 2.05) is 6.07 Å². The van der Waals surface area contributed by atoms with Gasteiger partial charge in [-0.05, 0) is 53.9 Å². The van der Waals surface area contributed by atoms with Gasteiger partial charge >= 0.3 is 0 Å². The molecule has 130 valence electrons. The summed E-state index contributed by atoms with van der Waals surface area (Å²) in [6, 6.07) is 8.53. The molecular formula is C16H24BrCl2N3O. The summed E-state index contributed by atoms with van der Waals surface area (Å²) in [7, 11) is 0. The van der Waals surface area contributed by atoms with Gasteiger partial charge in [0.25, 0.3) is 0 Å². The Kier molecular flexibility index (Phi) is 8.69. The van der Waals surface area contributed by atoms with Crippen LogP contribution in [0.15, 0.2) is 28.7 Å². The Hall–Kier alpha value is -0.490. The molecule has 1 aromatic rings. The van der Waals surface area contributed by atoms with E-state index in [1.54, 1.807) is 0 Å². The number of nitrogens with zero attached hydrogens (tertiary/aromatic N) is 1. The van der Waals surface area contributed by atoms with Gasteiger partial charge in [0.15, 0.2) is 0 Å². The molecule has 2 heterocycles. The molecule has 23 heavy (non-hydrogen) atoms. The van der Waals surface area contributed by atoms with E-state index in [4.69, 9.17) is 0 Å². The number of hydrogen-bond donors (Lipinski definition) is 2. The van der Waals surface area contributed by atoms with Gasteiger partial charge in [0.1, 0.15) is 0 Å². The number of carbonyl (C=O) groups excluding carboxylic acids is 1. The van der Waals surface area contributed by atoms with Gasteiger partial charge in [-0.3, -0.25) is 4.79 Å². The molecule has 1 aromatic carbocycles. The molecule has 1 amide bonds. The molecule has 2 N–H and O–H groups in total. The third kappa shape index (κ3) is 5.24. The fraction of sp³-hybridized carbons (Fsp3) is 0.562. The maximum absolute atomic E-state index is 12.3. The van der Waals surface area contributed by atoms with Crippen molar-refractivity contribution in [2.45, 2.75) is 37.8 Å². The van der Waals surface area contributed by atoms with Crippen LogP contribution in [0, 0.1) is 0 Å². The predicted molar refractivity (Wildman–Crippen MR) is 103 cm³/mol. The third-order valence-electron chi connectivity index (χ3n) is 4.35. The maximum Gasteiger partial charge on any atom is 0.237 e. The highest BCUT2D eigenvalue weighted by atomic mass is 79.9. The summed E-state index contributed by atoms with van der Waals surface area (Å²) >= 11 is 3.60. The molecule has 0 radical (unpaired) electrons. The van der Waals surface area contributed by atoms with Gasteiger partial charge < -0.3 is 15.5 Å². The number of benzene rings is 1. The predicted octanol–water partition coefficient (Wildman–Crippen LogP) is 3.13. The van der Waals surface area contributed by atoms with Crippen LogP contribution >= 0.6 is 40.7 Å². The van der Waals surface area contributed by atoms with Crippen molar-refractivity contribution in [2.24, 2.45) is 0 Å². The average molecular weight is 425 g/mol. The van der Waals surface area contributed by atoms with E-state index in [-0.39, 0.29) is 42.8 Å². The molecule has 2 aliphatic rings. The molecular weight excluding hydrogens is 401 g/mol. The van der Waals surface area contributed by atoms with E-state index < -0.39 is 0 Å². The smallest absolute Gasteiger partial charge is 0.237 e. The number of para-hydroxylation sites is 1. The summed E-state index contributed by atoms with van der Waals surface area (Å²) in [5.74, 6) is 0.175. The van der Waals surface area contributed by atoms with Crippen LogP contribution < -0.4 is 15.5 Å². The van der Waals surface area contributed by atoms with Gasteiger partial charge in [0, 0.05) is 23.6 Å². The molecule has 2 aliphatic heterocycles. The molecule has 2 fully saturated rings. The molecule has 0 aromatic heterocycles. The summed E-state index contributed by atoms with van der Waals surface area (Å²) in [6.07, 6.45) is 4.31. The molecule has 0 saturated carbocycles. The Morgan fingerprint density at radius 2 is 2.00 bits per heavy atom. The minimum atomic E-state index is 0. The van der Waals surface area contributed by atoms with Crippen molar-refractivity contribution in [2.75, 3.05) is 24.5 Å². The van der Waals surface area contributed by atoms with Crippen LogP contribution in [0.2, 0.25) is 0 Å². The minimum Gasteiger partial charge on any atom is -0.368 e. The molecule has 0 spiro atoms. The second-order valence-corrected chi connectivity index (χ2v) is 6.75. The van der Waals surface area contributed by atoms with E-state index in [1.165, 1.54) is 12.1 Å². The van der Waals surface area contributed by atoms with Crippen LogP contribution in [0.1, 0.15) is 25.7 Å². The highest BCUT2D eigenvalue weighted by molar-refractivity contribution is 9.10. The SMILES string of the molecule is Cl.Cl.O=C(NC1CCN(c2ccccc2Br)C1)[C@H]1CCCCN1. The molecule has 0 bridgehead atoms. The van der Waals surface area contributed by atoms with Crippen LogP contribution in [0.3, 0.4) is 0 Å². The van der Waals surface area contributed by atoms with Crippen molar-refractivity contribution < 1.29 is 4.79 Å². The van der Waals surface area contributed by atoms with Crippen LogP contribution in [0.4, 0.5) is 5.69 Å². The van der Waals surface area contributed by atoms with E-state index in [9.17, 15) is 4.79 Å². The number of halogens is 3. The van der Waals surface area contributed by atoms with Crippen LogP contribution in [-0.2, 0) is 4.79 Å². The molecule has 1 unspecified atom stereocenters. The lowest BCUT2D eigenvalue weighted by atomic mass is 10.0. The molecule has 2 saturated heterocycles. The lowest BCUT2D eigenvalue weighted by Crippen LogP contribution is -2.50. The number of rotatable bonds is 3. The zero-order chi connectivity index (χ0) is 14.7. The molecule has 3 rings (SSSR count). The van der Waals surface area contributed by atoms with Crippen molar-refractivity contribution in [3.8, 4) is 0 Å². The Balaban J connectivity index is 0.00000132. The lowest BCUT2D eigenvalue weighted by molar-refractivity contribution is -0.124. The van der Waals surface area contributed by atoms with Crippen LogP contribution in [0.25, 0.3) is 0 Å². The first-order chi connectivity index (χ1) is 10.2. The van der Waals surface area contributed by atoms with Crippen molar-refractivity contribution in [3.05, 3.63) is 28.7 Å². The number of hydrogen-bond acceptors (Lipinski definition) is 3. The maximum atomic E-state index is 12.3. The van der Waals surface area contributed by atoms with Crippen molar-refractivity contribution in [3.63, 3.8) is 0 Å². The van der Waals surface area contributed by atoms with Crippen molar-refractivity contribution >= 4 is 52.3 Å². The highest BCUT2D eigenvalue weighted by Gasteiger charge is 2.28. The standard InChI is InChI=1S/C16H22BrN3O.2ClH/c17-13-5-1-2-7-15(13)20-10-8-12(11-20)19-16(21)14-6-3-4-9-18-14;;/h1-2,5,7,12,14,18H,3-4,6,8-11H2,(H,19,21);2*1H/t12?,14-;;/m1../s1. The fourth-order valence-electron chi connectivity index (χ4n) is 3.18. The average Bonchev–Trinajstić information content (AvgIpc) is 2.97. The molecule has 7 heteroatoms. The van der Waals surface area contributed by atoms with Crippen LogP contribution in [-0.4, -0.2) is 37.6 Å². The summed E-state index contributed by atoms with van der Waals surface area (Å²) in [6.45, 7) is 2.85. The largest absolute Gasteiger partial charge is 0.368 e. The number of nitrogens with one attached hydrogen (secondary N) is 2. The quantitative estimate of drug-likeness (QED) is 0.783. The Bertz CT molecular complexity index is 512. The number of carbonyl (C=O) groups is 1. The van der Waals surface area contributed by atoms with Gasteiger partial charge in [0.05, 0.1) is 11.7 Å². The second-order valence-electron chi connectivity index (χ2n) is 5.89. The molecule has 4 nitrogen and oxygen atoms in total. The van der Waals surface area contributed by atoms with Gasteiger partial charge in [-0.25, -0.2) is 0 Å². The first-order valence-corrected chi connectivity index (χ1v) is 8.56. The Morgan fingerprint density at radius 1 is 1.22 bits per heavy atom. The summed E-state index contributed by atoms with van der Waals surface area (Å²) in [5.41, 5.74) is 1.21. The first-order valence-electron chi connectivity index (χ1n) is 7.77. The van der Waals surface area contributed by atoms with Crippen molar-refractivity contribution in [1.82, 2.24) is 10.6 Å². The van der Waals surface area contributed by atoms with E-state index in [0.717, 1.165) is 43.4 Å². The zero-order valence-electron chi connectivity index (χ0n) is 13.0. The van der Waals surface area contributed by atoms with Gasteiger partial charge in [-0.1, -0.05) is 18.6 Å². The Labute approximate surface area is 158 Å². The topological polar surface area (TPSA) is 44.4 Å². The first kappa shape index (κ1) is 20.6. The van der Waals surface area contributed by atoms with Gasteiger partial charge in [0.2, 0.25) is 5.91 Å². The Morgan fingerprint density at radius 3 is 2.70 bits per heavy atom. The monoisotopic (exact) mass is 423 g/mol. The minimum absolute atomic E-state index is 0. The van der Waals surface area contributed by atoms with Crippen molar-refractivity contribution in [1.29, 1.82) is 0 Å². The summed E-state index contributed by atoms with van der Waals surface area (Å²) in [4.78, 5) is 14.6. The highest BCUT2D eigenvalue weighted by Crippen LogP contribution is 2.28. The van der Waals surface area contributed by atoms with Gasteiger partial charge in [-0.15, -0.1) is 24.8 Å².